The largest absolute Gasteiger partial charge is 0.334 e. The van der Waals surface area contributed by atoms with Gasteiger partial charge in [0.1, 0.15) is 11.6 Å². The van der Waals surface area contributed by atoms with Gasteiger partial charge >= 0.3 is 0 Å². The smallest absolute Gasteiger partial charge is 0.261 e. The number of benzene rings is 2. The molecule has 0 amide bonds. The van der Waals surface area contributed by atoms with Gasteiger partial charge in [0, 0.05) is 30.4 Å². The molecule has 7 heteroatoms. The standard InChI is InChI=1S/C18H12F2N4O/c1-24-16(7-8-21-24)11-3-2-4-12(9-11)17-22-18(25-23-17)14-6-5-13(19)10-15(14)20/h2-10H,1H3. The van der Waals surface area contributed by atoms with E-state index < -0.39 is 11.6 Å². The Kier molecular flexibility index (Phi) is 3.61. The molecule has 0 atom stereocenters. The normalized spacial score (nSPS) is 11.0. The molecule has 124 valence electrons. The van der Waals surface area contributed by atoms with E-state index in [9.17, 15) is 8.78 Å². The summed E-state index contributed by atoms with van der Waals surface area (Å²) in [4.78, 5) is 4.22. The molecule has 0 bridgehead atoms. The van der Waals surface area contributed by atoms with E-state index in [1.165, 1.54) is 6.07 Å². The Labute approximate surface area is 141 Å². The van der Waals surface area contributed by atoms with Crippen LogP contribution >= 0.6 is 0 Å². The topological polar surface area (TPSA) is 56.7 Å². The van der Waals surface area contributed by atoms with Crippen LogP contribution in [0.2, 0.25) is 0 Å². The van der Waals surface area contributed by atoms with Crippen molar-refractivity contribution < 1.29 is 13.3 Å². The van der Waals surface area contributed by atoms with Gasteiger partial charge in [-0.05, 0) is 24.3 Å². The molecular formula is C18H12F2N4O. The molecule has 2 heterocycles. The zero-order chi connectivity index (χ0) is 17.4. The highest BCUT2D eigenvalue weighted by atomic mass is 19.1. The Balaban J connectivity index is 1.72. The average Bonchev–Trinajstić information content (AvgIpc) is 3.24. The third kappa shape index (κ3) is 2.80. The number of rotatable bonds is 3. The Bertz CT molecular complexity index is 1050. The second-order valence-electron chi connectivity index (χ2n) is 5.47. The Morgan fingerprint density at radius 2 is 1.84 bits per heavy atom. The van der Waals surface area contributed by atoms with Crippen molar-refractivity contribution in [2.24, 2.45) is 7.05 Å². The lowest BCUT2D eigenvalue weighted by atomic mass is 10.1. The highest BCUT2D eigenvalue weighted by Crippen LogP contribution is 2.27. The maximum atomic E-state index is 13.9. The predicted molar refractivity (Wildman–Crippen MR) is 87.3 cm³/mol. The number of aryl methyl sites for hydroxylation is 1. The molecule has 2 aromatic carbocycles. The van der Waals surface area contributed by atoms with Crippen LogP contribution < -0.4 is 0 Å². The molecule has 0 saturated carbocycles. The molecule has 0 N–H and O–H groups in total. The van der Waals surface area contributed by atoms with E-state index in [0.29, 0.717) is 5.82 Å². The van der Waals surface area contributed by atoms with Crippen LogP contribution in [0.1, 0.15) is 0 Å². The van der Waals surface area contributed by atoms with E-state index in [4.69, 9.17) is 4.52 Å². The minimum absolute atomic E-state index is 0.00145. The summed E-state index contributed by atoms with van der Waals surface area (Å²) in [7, 11) is 1.85. The van der Waals surface area contributed by atoms with E-state index in [-0.39, 0.29) is 11.5 Å². The third-order valence-electron chi connectivity index (χ3n) is 3.83. The van der Waals surface area contributed by atoms with E-state index in [2.05, 4.69) is 15.2 Å². The number of hydrogen-bond acceptors (Lipinski definition) is 4. The molecule has 0 saturated heterocycles. The van der Waals surface area contributed by atoms with Gasteiger partial charge in [-0.2, -0.15) is 10.1 Å². The van der Waals surface area contributed by atoms with Crippen molar-refractivity contribution in [3.05, 3.63) is 66.4 Å². The number of aromatic nitrogens is 4. The fraction of sp³-hybridized carbons (Fsp3) is 0.0556. The van der Waals surface area contributed by atoms with E-state index in [1.807, 2.05) is 37.4 Å². The summed E-state index contributed by atoms with van der Waals surface area (Å²) < 4.78 is 33.8. The van der Waals surface area contributed by atoms with Crippen molar-refractivity contribution in [1.29, 1.82) is 0 Å². The molecule has 4 rings (SSSR count). The van der Waals surface area contributed by atoms with Crippen LogP contribution in [0.3, 0.4) is 0 Å². The van der Waals surface area contributed by atoms with Crippen LogP contribution in [0.5, 0.6) is 0 Å². The van der Waals surface area contributed by atoms with Gasteiger partial charge in [0.2, 0.25) is 5.82 Å². The zero-order valence-corrected chi connectivity index (χ0v) is 13.1. The number of nitrogens with zero attached hydrogens (tertiary/aromatic N) is 4. The summed E-state index contributed by atoms with van der Waals surface area (Å²) in [5.41, 5.74) is 2.66. The van der Waals surface area contributed by atoms with Crippen molar-refractivity contribution in [1.82, 2.24) is 19.9 Å². The molecule has 0 aliphatic rings. The second kappa shape index (κ2) is 5.94. The van der Waals surface area contributed by atoms with Crippen molar-refractivity contribution in [3.8, 4) is 34.1 Å². The molecule has 25 heavy (non-hydrogen) atoms. The van der Waals surface area contributed by atoms with Crippen molar-refractivity contribution in [2.45, 2.75) is 0 Å². The van der Waals surface area contributed by atoms with Crippen molar-refractivity contribution in [2.75, 3.05) is 0 Å². The Hall–Kier alpha value is -3.35. The van der Waals surface area contributed by atoms with Crippen molar-refractivity contribution in [3.63, 3.8) is 0 Å². The summed E-state index contributed by atoms with van der Waals surface area (Å²) in [5, 5.41) is 8.05. The van der Waals surface area contributed by atoms with Gasteiger partial charge in [-0.25, -0.2) is 8.78 Å². The van der Waals surface area contributed by atoms with Gasteiger partial charge in [0.05, 0.1) is 11.3 Å². The van der Waals surface area contributed by atoms with Crippen LogP contribution in [-0.4, -0.2) is 19.9 Å². The highest BCUT2D eigenvalue weighted by Gasteiger charge is 2.15. The van der Waals surface area contributed by atoms with Gasteiger partial charge in [-0.3, -0.25) is 4.68 Å². The maximum absolute atomic E-state index is 13.9. The first kappa shape index (κ1) is 15.2. The fourth-order valence-corrected chi connectivity index (χ4v) is 2.59. The van der Waals surface area contributed by atoms with Crippen molar-refractivity contribution >= 4 is 0 Å². The minimum Gasteiger partial charge on any atom is -0.334 e. The van der Waals surface area contributed by atoms with E-state index in [1.54, 1.807) is 10.9 Å². The molecular weight excluding hydrogens is 326 g/mol. The van der Waals surface area contributed by atoms with Gasteiger partial charge in [0.25, 0.3) is 5.89 Å². The molecule has 5 nitrogen and oxygen atoms in total. The lowest BCUT2D eigenvalue weighted by Crippen LogP contribution is -1.93. The van der Waals surface area contributed by atoms with E-state index in [0.717, 1.165) is 29.0 Å². The Morgan fingerprint density at radius 1 is 1.00 bits per heavy atom. The van der Waals surface area contributed by atoms with Gasteiger partial charge < -0.3 is 4.52 Å². The highest BCUT2D eigenvalue weighted by molar-refractivity contribution is 5.68. The maximum Gasteiger partial charge on any atom is 0.261 e. The first-order valence-electron chi connectivity index (χ1n) is 7.50. The summed E-state index contributed by atoms with van der Waals surface area (Å²) in [6.07, 6.45) is 1.71. The zero-order valence-electron chi connectivity index (χ0n) is 13.1. The summed E-state index contributed by atoms with van der Waals surface area (Å²) in [6, 6.07) is 12.6. The van der Waals surface area contributed by atoms with Crippen LogP contribution in [-0.2, 0) is 7.05 Å². The Morgan fingerprint density at radius 3 is 2.60 bits per heavy atom. The number of hydrogen-bond donors (Lipinski definition) is 0. The summed E-state index contributed by atoms with van der Waals surface area (Å²) >= 11 is 0. The molecule has 2 aromatic heterocycles. The summed E-state index contributed by atoms with van der Waals surface area (Å²) in [6.45, 7) is 0. The molecule has 0 aliphatic heterocycles. The van der Waals surface area contributed by atoms with Crippen LogP contribution in [0.15, 0.2) is 59.3 Å². The van der Waals surface area contributed by atoms with Crippen LogP contribution in [0, 0.1) is 11.6 Å². The van der Waals surface area contributed by atoms with Gasteiger partial charge in [-0.15, -0.1) is 0 Å². The van der Waals surface area contributed by atoms with Crippen LogP contribution in [0.25, 0.3) is 34.1 Å². The first-order valence-corrected chi connectivity index (χ1v) is 7.50. The van der Waals surface area contributed by atoms with E-state index >= 15 is 0 Å². The molecule has 0 unspecified atom stereocenters. The lowest BCUT2D eigenvalue weighted by molar-refractivity contribution is 0.429. The predicted octanol–water partition coefficient (Wildman–Crippen LogP) is 4.08. The van der Waals surface area contributed by atoms with Gasteiger partial charge in [-0.1, -0.05) is 23.4 Å². The van der Waals surface area contributed by atoms with Crippen LogP contribution in [0.4, 0.5) is 8.78 Å². The third-order valence-corrected chi connectivity index (χ3v) is 3.83. The fourth-order valence-electron chi connectivity index (χ4n) is 2.59. The monoisotopic (exact) mass is 338 g/mol. The number of halogens is 2. The molecule has 0 fully saturated rings. The first-order chi connectivity index (χ1) is 12.1. The lowest BCUT2D eigenvalue weighted by Gasteiger charge is -2.03. The minimum atomic E-state index is -0.751. The molecule has 0 spiro atoms. The quantitative estimate of drug-likeness (QED) is 0.565. The SMILES string of the molecule is Cn1nccc1-c1cccc(-c2noc(-c3ccc(F)cc3F)n2)c1. The molecule has 0 radical (unpaired) electrons. The molecule has 4 aromatic rings. The van der Waals surface area contributed by atoms with Gasteiger partial charge in [0.15, 0.2) is 0 Å². The molecule has 0 aliphatic carbocycles. The average molecular weight is 338 g/mol. The second-order valence-corrected chi connectivity index (χ2v) is 5.47. The summed E-state index contributed by atoms with van der Waals surface area (Å²) in [5.74, 6) is -1.09.